The molecule has 2 aliphatic heterocycles. The third kappa shape index (κ3) is 3.32. The molecule has 2 bridgehead atoms. The van der Waals surface area contributed by atoms with Crippen molar-refractivity contribution in [3.8, 4) is 11.5 Å². The molecule has 0 unspecified atom stereocenters. The zero-order valence-electron chi connectivity index (χ0n) is 16.1. The van der Waals surface area contributed by atoms with Crippen LogP contribution in [0, 0.1) is 5.92 Å². The SMILES string of the molecule is CCOC(=O)[C@@H]1[C@H]2NC(=S)N(CCOC)[C@@]1(C)Oc1c(OCC)cccc12. The molecule has 0 aromatic heterocycles. The van der Waals surface area contributed by atoms with Gasteiger partial charge in [-0.2, -0.15) is 0 Å². The molecular formula is C19H26N2O5S. The monoisotopic (exact) mass is 394 g/mol. The van der Waals surface area contributed by atoms with E-state index in [1.807, 2.05) is 36.9 Å². The summed E-state index contributed by atoms with van der Waals surface area (Å²) in [6.07, 6.45) is 0. The van der Waals surface area contributed by atoms with Gasteiger partial charge in [-0.05, 0) is 39.1 Å². The lowest BCUT2D eigenvalue weighted by Crippen LogP contribution is -2.71. The fourth-order valence-electron chi connectivity index (χ4n) is 3.80. The molecule has 0 saturated carbocycles. The largest absolute Gasteiger partial charge is 0.490 e. The van der Waals surface area contributed by atoms with Crippen molar-refractivity contribution >= 4 is 23.3 Å². The number of nitrogens with one attached hydrogen (secondary N) is 1. The Morgan fingerprint density at radius 3 is 2.81 bits per heavy atom. The Balaban J connectivity index is 2.12. The van der Waals surface area contributed by atoms with Crippen LogP contribution >= 0.6 is 12.2 Å². The third-order valence-corrected chi connectivity index (χ3v) is 5.32. The number of ether oxygens (including phenoxy) is 4. The highest BCUT2D eigenvalue weighted by Gasteiger charge is 2.59. The van der Waals surface area contributed by atoms with Crippen LogP contribution in [-0.4, -0.2) is 55.2 Å². The number of carbonyl (C=O) groups is 1. The minimum absolute atomic E-state index is 0.298. The molecular weight excluding hydrogens is 368 g/mol. The van der Waals surface area contributed by atoms with Gasteiger partial charge >= 0.3 is 5.97 Å². The molecule has 2 heterocycles. The fraction of sp³-hybridized carbons (Fsp3) is 0.579. The summed E-state index contributed by atoms with van der Waals surface area (Å²) in [5.74, 6) is 0.361. The van der Waals surface area contributed by atoms with Gasteiger partial charge in [-0.25, -0.2) is 0 Å². The molecule has 1 saturated heterocycles. The Hall–Kier alpha value is -2.06. The fourth-order valence-corrected chi connectivity index (χ4v) is 4.20. The Morgan fingerprint density at radius 2 is 2.15 bits per heavy atom. The molecule has 0 amide bonds. The van der Waals surface area contributed by atoms with E-state index in [1.165, 1.54) is 0 Å². The summed E-state index contributed by atoms with van der Waals surface area (Å²) in [7, 11) is 1.62. The average Bonchev–Trinajstić information content (AvgIpc) is 2.62. The number of benzene rings is 1. The molecule has 1 aromatic rings. The zero-order valence-corrected chi connectivity index (χ0v) is 16.9. The summed E-state index contributed by atoms with van der Waals surface area (Å²) in [4.78, 5) is 14.7. The van der Waals surface area contributed by atoms with Gasteiger partial charge < -0.3 is 29.2 Å². The maximum atomic E-state index is 12.9. The van der Waals surface area contributed by atoms with Crippen molar-refractivity contribution in [2.75, 3.05) is 33.5 Å². The van der Waals surface area contributed by atoms with E-state index in [-0.39, 0.29) is 12.0 Å². The number of hydrogen-bond donors (Lipinski definition) is 1. The first-order chi connectivity index (χ1) is 13.0. The maximum absolute atomic E-state index is 12.9. The van der Waals surface area contributed by atoms with E-state index in [0.29, 0.717) is 43.0 Å². The molecule has 1 fully saturated rings. The van der Waals surface area contributed by atoms with Crippen LogP contribution < -0.4 is 14.8 Å². The van der Waals surface area contributed by atoms with Crippen molar-refractivity contribution in [2.45, 2.75) is 32.5 Å². The molecule has 0 spiro atoms. The number of rotatable bonds is 7. The summed E-state index contributed by atoms with van der Waals surface area (Å²) in [5.41, 5.74) is -0.178. The van der Waals surface area contributed by atoms with Gasteiger partial charge in [0, 0.05) is 19.2 Å². The minimum Gasteiger partial charge on any atom is -0.490 e. The van der Waals surface area contributed by atoms with Crippen LogP contribution in [0.4, 0.5) is 0 Å². The van der Waals surface area contributed by atoms with Crippen molar-refractivity contribution < 1.29 is 23.7 Å². The summed E-state index contributed by atoms with van der Waals surface area (Å²) in [5, 5.41) is 3.83. The molecule has 1 N–H and O–H groups in total. The summed E-state index contributed by atoms with van der Waals surface area (Å²) in [6, 6.07) is 5.32. The standard InChI is InChI=1S/C19H26N2O5S/c1-5-24-13-9-7-8-12-15-14(17(22)25-6-2)19(3,26-16(12)13)21(10-11-23-4)18(27)20-15/h7-9,14-15H,5-6,10-11H2,1-4H3,(H,20,27)/t14-,15-,19-/m0/s1. The van der Waals surface area contributed by atoms with Crippen LogP contribution in [0.15, 0.2) is 18.2 Å². The lowest BCUT2D eigenvalue weighted by molar-refractivity contribution is -0.176. The van der Waals surface area contributed by atoms with Crippen LogP contribution in [0.25, 0.3) is 0 Å². The second-order valence-electron chi connectivity index (χ2n) is 6.57. The predicted molar refractivity (Wildman–Crippen MR) is 104 cm³/mol. The molecule has 148 valence electrons. The lowest BCUT2D eigenvalue weighted by atomic mass is 9.79. The van der Waals surface area contributed by atoms with E-state index in [4.69, 9.17) is 31.2 Å². The first kappa shape index (κ1) is 19.7. The van der Waals surface area contributed by atoms with E-state index >= 15 is 0 Å². The highest BCUT2D eigenvalue weighted by Crippen LogP contribution is 2.51. The van der Waals surface area contributed by atoms with Gasteiger partial charge in [0.15, 0.2) is 22.3 Å². The van der Waals surface area contributed by atoms with Crippen molar-refractivity contribution in [3.63, 3.8) is 0 Å². The topological polar surface area (TPSA) is 69.3 Å². The van der Waals surface area contributed by atoms with Crippen molar-refractivity contribution in [1.29, 1.82) is 0 Å². The van der Waals surface area contributed by atoms with Gasteiger partial charge in [-0.15, -0.1) is 0 Å². The predicted octanol–water partition coefficient (Wildman–Crippen LogP) is 2.25. The van der Waals surface area contributed by atoms with Crippen LogP contribution in [-0.2, 0) is 14.3 Å². The molecule has 2 aliphatic rings. The Morgan fingerprint density at radius 1 is 1.37 bits per heavy atom. The second-order valence-corrected chi connectivity index (χ2v) is 6.95. The van der Waals surface area contributed by atoms with E-state index in [2.05, 4.69) is 5.32 Å². The third-order valence-electron chi connectivity index (χ3n) is 4.98. The number of para-hydroxylation sites is 1. The van der Waals surface area contributed by atoms with E-state index in [0.717, 1.165) is 5.56 Å². The van der Waals surface area contributed by atoms with Gasteiger partial charge in [-0.3, -0.25) is 4.79 Å². The van der Waals surface area contributed by atoms with Crippen LogP contribution in [0.5, 0.6) is 11.5 Å². The molecule has 1 aromatic carbocycles. The smallest absolute Gasteiger partial charge is 0.317 e. The van der Waals surface area contributed by atoms with E-state index in [1.54, 1.807) is 14.0 Å². The molecule has 0 aliphatic carbocycles. The summed E-state index contributed by atoms with van der Waals surface area (Å²) in [6.45, 7) is 7.32. The normalized spacial score (nSPS) is 25.9. The molecule has 8 heteroatoms. The summed E-state index contributed by atoms with van der Waals surface area (Å²) >= 11 is 5.58. The quantitative estimate of drug-likeness (QED) is 0.558. The van der Waals surface area contributed by atoms with Crippen LogP contribution in [0.3, 0.4) is 0 Å². The van der Waals surface area contributed by atoms with E-state index < -0.39 is 11.6 Å². The highest BCUT2D eigenvalue weighted by molar-refractivity contribution is 7.80. The van der Waals surface area contributed by atoms with Crippen molar-refractivity contribution in [3.05, 3.63) is 23.8 Å². The number of fused-ring (bicyclic) bond motifs is 4. The number of hydrogen-bond acceptors (Lipinski definition) is 6. The molecule has 27 heavy (non-hydrogen) atoms. The lowest BCUT2D eigenvalue weighted by Gasteiger charge is -2.55. The Kier molecular flexibility index (Phi) is 5.76. The van der Waals surface area contributed by atoms with Gasteiger partial charge in [0.2, 0.25) is 0 Å². The van der Waals surface area contributed by atoms with Crippen LogP contribution in [0.1, 0.15) is 32.4 Å². The zero-order chi connectivity index (χ0) is 19.6. The number of methoxy groups -OCH3 is 1. The highest BCUT2D eigenvalue weighted by atomic mass is 32.1. The maximum Gasteiger partial charge on any atom is 0.317 e. The van der Waals surface area contributed by atoms with Gasteiger partial charge in [0.05, 0.1) is 25.9 Å². The van der Waals surface area contributed by atoms with Crippen LogP contribution in [0.2, 0.25) is 0 Å². The van der Waals surface area contributed by atoms with Gasteiger partial charge in [-0.1, -0.05) is 12.1 Å². The number of nitrogens with zero attached hydrogens (tertiary/aromatic N) is 1. The average molecular weight is 394 g/mol. The Labute approximate surface area is 164 Å². The van der Waals surface area contributed by atoms with Gasteiger partial charge in [0.25, 0.3) is 0 Å². The molecule has 0 radical (unpaired) electrons. The van der Waals surface area contributed by atoms with Gasteiger partial charge in [0.1, 0.15) is 5.92 Å². The molecule has 3 atom stereocenters. The minimum atomic E-state index is -1.02. The van der Waals surface area contributed by atoms with Crippen molar-refractivity contribution in [1.82, 2.24) is 10.2 Å². The first-order valence-electron chi connectivity index (χ1n) is 9.16. The summed E-state index contributed by atoms with van der Waals surface area (Å²) < 4.78 is 22.8. The number of thiocarbonyl (C=S) groups is 1. The number of carbonyl (C=O) groups excluding carboxylic acids is 1. The molecule has 3 rings (SSSR count). The second kappa shape index (κ2) is 7.90. The van der Waals surface area contributed by atoms with Crippen molar-refractivity contribution in [2.24, 2.45) is 5.92 Å². The first-order valence-corrected chi connectivity index (χ1v) is 9.57. The Bertz CT molecular complexity index is 728. The number of esters is 1. The molecule has 7 nitrogen and oxygen atoms in total. The van der Waals surface area contributed by atoms with E-state index in [9.17, 15) is 4.79 Å².